The number of aromatic nitrogens is 2. The molecule has 0 unspecified atom stereocenters. The maximum Gasteiger partial charge on any atom is 0.319 e. The Bertz CT molecular complexity index is 698. The molecule has 0 fully saturated rings. The highest BCUT2D eigenvalue weighted by Crippen LogP contribution is 2.19. The van der Waals surface area contributed by atoms with Gasteiger partial charge < -0.3 is 15.4 Å². The third kappa shape index (κ3) is 6.94. The van der Waals surface area contributed by atoms with Gasteiger partial charge in [0.15, 0.2) is 0 Å². The lowest BCUT2D eigenvalue weighted by molar-refractivity contribution is -0.141. The van der Waals surface area contributed by atoms with Gasteiger partial charge in [-0.2, -0.15) is 0 Å². The number of esters is 1. The van der Waals surface area contributed by atoms with E-state index in [1.807, 2.05) is 42.3 Å². The van der Waals surface area contributed by atoms with Gasteiger partial charge in [0, 0.05) is 29.9 Å². The van der Waals surface area contributed by atoms with Crippen molar-refractivity contribution >= 4 is 34.9 Å². The Morgan fingerprint density at radius 1 is 1.28 bits per heavy atom. The zero-order chi connectivity index (χ0) is 18.1. The van der Waals surface area contributed by atoms with Crippen molar-refractivity contribution in [2.45, 2.75) is 6.42 Å². The Morgan fingerprint density at radius 3 is 2.84 bits per heavy atom. The second kappa shape index (κ2) is 9.80. The smallest absolute Gasteiger partial charge is 0.319 e. The summed E-state index contributed by atoms with van der Waals surface area (Å²) < 4.78 is 4.64. The van der Waals surface area contributed by atoms with E-state index in [-0.39, 0.29) is 12.5 Å². The van der Waals surface area contributed by atoms with Gasteiger partial charge in [0.05, 0.1) is 13.7 Å². The molecule has 25 heavy (non-hydrogen) atoms. The minimum Gasteiger partial charge on any atom is -0.468 e. The average molecular weight is 364 g/mol. The molecule has 1 aromatic carbocycles. The number of hydrogen-bond acceptors (Lipinski definition) is 7. The van der Waals surface area contributed by atoms with Crippen LogP contribution in [0.3, 0.4) is 0 Å². The van der Waals surface area contributed by atoms with Crippen LogP contribution < -0.4 is 10.6 Å². The van der Waals surface area contributed by atoms with Crippen LogP contribution in [0.4, 0.5) is 17.3 Å². The maximum atomic E-state index is 11.2. The molecule has 1 heterocycles. The minimum atomic E-state index is -0.233. The van der Waals surface area contributed by atoms with Crippen molar-refractivity contribution in [2.75, 3.05) is 44.4 Å². The molecular formula is C17H22ClN5O2. The number of hydrogen-bond donors (Lipinski definition) is 2. The van der Waals surface area contributed by atoms with Crippen LogP contribution in [0.25, 0.3) is 0 Å². The van der Waals surface area contributed by atoms with Crippen LogP contribution >= 0.6 is 11.6 Å². The molecule has 134 valence electrons. The third-order valence-corrected chi connectivity index (χ3v) is 3.65. The topological polar surface area (TPSA) is 79.4 Å². The van der Waals surface area contributed by atoms with Crippen LogP contribution in [0, 0.1) is 0 Å². The summed E-state index contributed by atoms with van der Waals surface area (Å²) in [5.41, 5.74) is 0.863. The normalized spacial score (nSPS) is 10.6. The highest BCUT2D eigenvalue weighted by molar-refractivity contribution is 6.30. The summed E-state index contributed by atoms with van der Waals surface area (Å²) in [7, 11) is 3.27. The standard InChI is InChI=1S/C17H22ClN5O2/c1-23(11-17(24)25-2)8-4-7-19-15-10-16(21-12-20-15)22-14-6-3-5-13(18)9-14/h3,5-6,9-10,12H,4,7-8,11H2,1-2H3,(H2,19,20,21,22). The van der Waals surface area contributed by atoms with Gasteiger partial charge in [-0.05, 0) is 31.7 Å². The molecule has 0 atom stereocenters. The van der Waals surface area contributed by atoms with Crippen molar-refractivity contribution in [3.05, 3.63) is 41.7 Å². The van der Waals surface area contributed by atoms with Crippen molar-refractivity contribution in [3.63, 3.8) is 0 Å². The van der Waals surface area contributed by atoms with E-state index in [0.29, 0.717) is 10.8 Å². The van der Waals surface area contributed by atoms with Gasteiger partial charge in [0.1, 0.15) is 18.0 Å². The molecule has 0 radical (unpaired) electrons. The minimum absolute atomic E-state index is 0.233. The first kappa shape index (κ1) is 19.0. The molecule has 0 saturated carbocycles. The van der Waals surface area contributed by atoms with Gasteiger partial charge in [-0.15, -0.1) is 0 Å². The largest absolute Gasteiger partial charge is 0.468 e. The Kier molecular flexibility index (Phi) is 7.43. The molecule has 2 aromatic rings. The molecule has 0 amide bonds. The summed E-state index contributed by atoms with van der Waals surface area (Å²) in [6.07, 6.45) is 2.37. The summed E-state index contributed by atoms with van der Waals surface area (Å²) in [4.78, 5) is 21.5. The van der Waals surface area contributed by atoms with Crippen molar-refractivity contribution < 1.29 is 9.53 Å². The number of carbonyl (C=O) groups is 1. The molecule has 0 saturated heterocycles. The predicted molar refractivity (Wildman–Crippen MR) is 99.4 cm³/mol. The van der Waals surface area contributed by atoms with E-state index in [9.17, 15) is 4.79 Å². The average Bonchev–Trinajstić information content (AvgIpc) is 2.59. The van der Waals surface area contributed by atoms with Crippen LogP contribution in [0.5, 0.6) is 0 Å². The lowest BCUT2D eigenvalue weighted by Crippen LogP contribution is -2.28. The lowest BCUT2D eigenvalue weighted by atomic mass is 10.3. The van der Waals surface area contributed by atoms with Gasteiger partial charge in [-0.3, -0.25) is 9.69 Å². The molecule has 2 N–H and O–H groups in total. The fraction of sp³-hybridized carbons (Fsp3) is 0.353. The Hall–Kier alpha value is -2.38. The second-order valence-electron chi connectivity index (χ2n) is 5.52. The summed E-state index contributed by atoms with van der Waals surface area (Å²) in [6, 6.07) is 9.26. The first-order valence-corrected chi connectivity index (χ1v) is 8.28. The Balaban J connectivity index is 1.78. The number of ether oxygens (including phenoxy) is 1. The Morgan fingerprint density at radius 2 is 2.08 bits per heavy atom. The number of benzene rings is 1. The van der Waals surface area contributed by atoms with Gasteiger partial charge in [-0.1, -0.05) is 17.7 Å². The summed E-state index contributed by atoms with van der Waals surface area (Å²) >= 11 is 5.98. The zero-order valence-corrected chi connectivity index (χ0v) is 15.1. The monoisotopic (exact) mass is 363 g/mol. The number of halogens is 1. The summed E-state index contributed by atoms with van der Waals surface area (Å²) in [5, 5.41) is 7.09. The predicted octanol–water partition coefficient (Wildman–Crippen LogP) is 2.78. The van der Waals surface area contributed by atoms with Gasteiger partial charge in [-0.25, -0.2) is 9.97 Å². The van der Waals surface area contributed by atoms with E-state index in [2.05, 4.69) is 25.3 Å². The van der Waals surface area contributed by atoms with E-state index >= 15 is 0 Å². The van der Waals surface area contributed by atoms with Crippen LogP contribution in [0.2, 0.25) is 5.02 Å². The number of nitrogens with zero attached hydrogens (tertiary/aromatic N) is 3. The zero-order valence-electron chi connectivity index (χ0n) is 14.3. The van der Waals surface area contributed by atoms with Crippen molar-refractivity contribution in [1.29, 1.82) is 0 Å². The fourth-order valence-corrected chi connectivity index (χ4v) is 2.36. The molecule has 8 heteroatoms. The SMILES string of the molecule is COC(=O)CN(C)CCCNc1cc(Nc2cccc(Cl)c2)ncn1. The number of anilines is 3. The Labute approximate surface area is 152 Å². The second-order valence-corrected chi connectivity index (χ2v) is 5.95. The highest BCUT2D eigenvalue weighted by Gasteiger charge is 2.05. The molecule has 1 aromatic heterocycles. The first-order valence-electron chi connectivity index (χ1n) is 7.90. The van der Waals surface area contributed by atoms with Gasteiger partial charge in [0.2, 0.25) is 0 Å². The van der Waals surface area contributed by atoms with E-state index in [1.54, 1.807) is 0 Å². The first-order chi connectivity index (χ1) is 12.1. The molecule has 0 aliphatic rings. The van der Waals surface area contributed by atoms with Crippen molar-refractivity contribution in [2.24, 2.45) is 0 Å². The van der Waals surface area contributed by atoms with Gasteiger partial charge in [0.25, 0.3) is 0 Å². The van der Waals surface area contributed by atoms with E-state index in [1.165, 1.54) is 13.4 Å². The molecular weight excluding hydrogens is 342 g/mol. The quantitative estimate of drug-likeness (QED) is 0.523. The summed E-state index contributed by atoms with van der Waals surface area (Å²) in [6.45, 7) is 1.80. The number of rotatable bonds is 9. The number of likely N-dealkylation sites (N-methyl/N-ethyl adjacent to an activating group) is 1. The molecule has 7 nitrogen and oxygen atoms in total. The van der Waals surface area contributed by atoms with E-state index in [4.69, 9.17) is 11.6 Å². The molecule has 0 aliphatic carbocycles. The fourth-order valence-electron chi connectivity index (χ4n) is 2.17. The highest BCUT2D eigenvalue weighted by atomic mass is 35.5. The van der Waals surface area contributed by atoms with Crippen molar-refractivity contribution in [1.82, 2.24) is 14.9 Å². The molecule has 0 bridgehead atoms. The molecule has 0 spiro atoms. The number of carbonyl (C=O) groups excluding carboxylic acids is 1. The van der Waals surface area contributed by atoms with Crippen LogP contribution in [0.15, 0.2) is 36.7 Å². The summed E-state index contributed by atoms with van der Waals surface area (Å²) in [5.74, 6) is 1.18. The van der Waals surface area contributed by atoms with Gasteiger partial charge >= 0.3 is 5.97 Å². The third-order valence-electron chi connectivity index (χ3n) is 3.41. The van der Waals surface area contributed by atoms with Crippen LogP contribution in [-0.2, 0) is 9.53 Å². The van der Waals surface area contributed by atoms with Crippen molar-refractivity contribution in [3.8, 4) is 0 Å². The number of nitrogens with one attached hydrogen (secondary N) is 2. The maximum absolute atomic E-state index is 11.2. The van der Waals surface area contributed by atoms with Crippen LogP contribution in [0.1, 0.15) is 6.42 Å². The number of methoxy groups -OCH3 is 1. The molecule has 0 aliphatic heterocycles. The molecule has 2 rings (SSSR count). The lowest BCUT2D eigenvalue weighted by Gasteiger charge is -2.15. The van der Waals surface area contributed by atoms with E-state index in [0.717, 1.165) is 31.0 Å². The van der Waals surface area contributed by atoms with Crippen LogP contribution in [-0.4, -0.2) is 54.6 Å². The van der Waals surface area contributed by atoms with E-state index < -0.39 is 0 Å².